The molecule has 0 unspecified atom stereocenters. The number of rotatable bonds is 7. The monoisotopic (exact) mass is 326 g/mol. The number of nitrogens with zero attached hydrogens (tertiary/aromatic N) is 1. The zero-order valence-electron chi connectivity index (χ0n) is 14.2. The largest absolute Gasteiger partial charge is 0.496 e. The smallest absolute Gasteiger partial charge is 0.265 e. The lowest BCUT2D eigenvalue weighted by Crippen LogP contribution is -2.18. The van der Waals surface area contributed by atoms with Gasteiger partial charge in [-0.3, -0.25) is 4.79 Å². The molecule has 0 atom stereocenters. The number of amides is 1. The van der Waals surface area contributed by atoms with Crippen molar-refractivity contribution in [2.75, 3.05) is 19.0 Å². The van der Waals surface area contributed by atoms with Crippen molar-refractivity contribution in [2.24, 2.45) is 5.16 Å². The molecule has 1 amide bonds. The Hall–Kier alpha value is -2.82. The number of carbonyl (C=O) groups is 1. The van der Waals surface area contributed by atoms with E-state index in [1.54, 1.807) is 7.11 Å². The maximum absolute atomic E-state index is 12.0. The van der Waals surface area contributed by atoms with Gasteiger partial charge in [0.15, 0.2) is 6.61 Å². The van der Waals surface area contributed by atoms with Crippen LogP contribution in [0, 0.1) is 0 Å². The molecule has 5 heteroatoms. The van der Waals surface area contributed by atoms with Crippen LogP contribution in [0.1, 0.15) is 30.9 Å². The summed E-state index contributed by atoms with van der Waals surface area (Å²) in [4.78, 5) is 17.1. The third-order valence-electron chi connectivity index (χ3n) is 3.46. The van der Waals surface area contributed by atoms with Crippen molar-refractivity contribution in [1.29, 1.82) is 0 Å². The van der Waals surface area contributed by atoms with E-state index < -0.39 is 0 Å². The van der Waals surface area contributed by atoms with E-state index in [4.69, 9.17) is 9.57 Å². The normalized spacial score (nSPS) is 10.8. The SMILES string of the molecule is COc1ccccc1/C=N\OCC(=O)Nc1ccccc1C(C)C. The highest BCUT2D eigenvalue weighted by Crippen LogP contribution is 2.23. The van der Waals surface area contributed by atoms with Gasteiger partial charge in [0.25, 0.3) is 5.91 Å². The van der Waals surface area contributed by atoms with Crippen molar-refractivity contribution < 1.29 is 14.4 Å². The molecule has 0 saturated carbocycles. The Balaban J connectivity index is 1.89. The van der Waals surface area contributed by atoms with Gasteiger partial charge in [-0.05, 0) is 29.7 Å². The van der Waals surface area contributed by atoms with Crippen LogP contribution in [0.4, 0.5) is 5.69 Å². The van der Waals surface area contributed by atoms with Gasteiger partial charge >= 0.3 is 0 Å². The Morgan fingerprint density at radius 2 is 1.88 bits per heavy atom. The molecule has 0 bridgehead atoms. The molecule has 0 aliphatic rings. The molecule has 0 heterocycles. The van der Waals surface area contributed by atoms with Crippen molar-refractivity contribution in [3.05, 3.63) is 59.7 Å². The summed E-state index contributed by atoms with van der Waals surface area (Å²) in [7, 11) is 1.59. The summed E-state index contributed by atoms with van der Waals surface area (Å²) in [5.41, 5.74) is 2.67. The minimum absolute atomic E-state index is 0.155. The highest BCUT2D eigenvalue weighted by molar-refractivity contribution is 5.92. The second kappa shape index (κ2) is 8.72. The van der Waals surface area contributed by atoms with Crippen molar-refractivity contribution in [2.45, 2.75) is 19.8 Å². The number of oxime groups is 1. The summed E-state index contributed by atoms with van der Waals surface area (Å²) in [5.74, 6) is 0.770. The van der Waals surface area contributed by atoms with E-state index in [2.05, 4.69) is 24.3 Å². The first-order chi connectivity index (χ1) is 11.6. The first-order valence-electron chi connectivity index (χ1n) is 7.79. The van der Waals surface area contributed by atoms with Crippen LogP contribution in [-0.4, -0.2) is 25.8 Å². The van der Waals surface area contributed by atoms with Crippen LogP contribution in [0.5, 0.6) is 5.75 Å². The third-order valence-corrected chi connectivity index (χ3v) is 3.46. The van der Waals surface area contributed by atoms with Crippen LogP contribution in [0.3, 0.4) is 0 Å². The highest BCUT2D eigenvalue weighted by Gasteiger charge is 2.09. The number of benzene rings is 2. The van der Waals surface area contributed by atoms with Gasteiger partial charge < -0.3 is 14.9 Å². The molecule has 1 N–H and O–H groups in total. The molecule has 0 aliphatic carbocycles. The van der Waals surface area contributed by atoms with Crippen molar-refractivity contribution >= 4 is 17.8 Å². The van der Waals surface area contributed by atoms with Crippen molar-refractivity contribution in [3.8, 4) is 5.75 Å². The first-order valence-corrected chi connectivity index (χ1v) is 7.79. The van der Waals surface area contributed by atoms with E-state index in [0.29, 0.717) is 11.7 Å². The zero-order chi connectivity index (χ0) is 17.4. The summed E-state index contributed by atoms with van der Waals surface area (Å²) >= 11 is 0. The molecule has 2 rings (SSSR count). The lowest BCUT2D eigenvalue weighted by atomic mass is 10.0. The quantitative estimate of drug-likeness (QED) is 0.622. The number of hydrogen-bond donors (Lipinski definition) is 1. The molecular weight excluding hydrogens is 304 g/mol. The van der Waals surface area contributed by atoms with E-state index in [9.17, 15) is 4.79 Å². The Morgan fingerprint density at radius 1 is 1.17 bits per heavy atom. The van der Waals surface area contributed by atoms with Gasteiger partial charge in [0.1, 0.15) is 5.75 Å². The van der Waals surface area contributed by atoms with Gasteiger partial charge in [-0.15, -0.1) is 0 Å². The van der Waals surface area contributed by atoms with Crippen LogP contribution < -0.4 is 10.1 Å². The minimum atomic E-state index is -0.250. The fourth-order valence-corrected chi connectivity index (χ4v) is 2.26. The Morgan fingerprint density at radius 3 is 2.62 bits per heavy atom. The average molecular weight is 326 g/mol. The molecule has 0 aromatic heterocycles. The number of hydrogen-bond acceptors (Lipinski definition) is 4. The number of ether oxygens (including phenoxy) is 1. The molecule has 2 aromatic carbocycles. The molecule has 0 fully saturated rings. The lowest BCUT2D eigenvalue weighted by Gasteiger charge is -2.13. The van der Waals surface area contributed by atoms with E-state index in [1.807, 2.05) is 48.5 Å². The second-order valence-electron chi connectivity index (χ2n) is 5.54. The van der Waals surface area contributed by atoms with Gasteiger partial charge in [-0.25, -0.2) is 0 Å². The third kappa shape index (κ3) is 4.84. The lowest BCUT2D eigenvalue weighted by molar-refractivity contribution is -0.120. The van der Waals surface area contributed by atoms with Gasteiger partial charge in [-0.2, -0.15) is 0 Å². The maximum atomic E-state index is 12.0. The summed E-state index contributed by atoms with van der Waals surface area (Å²) in [6, 6.07) is 15.2. The minimum Gasteiger partial charge on any atom is -0.496 e. The van der Waals surface area contributed by atoms with E-state index >= 15 is 0 Å². The topological polar surface area (TPSA) is 59.9 Å². The molecule has 0 saturated heterocycles. The fraction of sp³-hybridized carbons (Fsp3) is 0.263. The maximum Gasteiger partial charge on any atom is 0.265 e. The predicted octanol–water partition coefficient (Wildman–Crippen LogP) is 3.81. The van der Waals surface area contributed by atoms with Crippen LogP contribution in [0.2, 0.25) is 0 Å². The van der Waals surface area contributed by atoms with E-state index in [0.717, 1.165) is 16.8 Å². The Labute approximate surface area is 142 Å². The van der Waals surface area contributed by atoms with Crippen molar-refractivity contribution in [1.82, 2.24) is 0 Å². The van der Waals surface area contributed by atoms with Crippen LogP contribution in [0.15, 0.2) is 53.7 Å². The van der Waals surface area contributed by atoms with Crippen molar-refractivity contribution in [3.63, 3.8) is 0 Å². The average Bonchev–Trinajstić information content (AvgIpc) is 2.59. The van der Waals surface area contributed by atoms with E-state index in [-0.39, 0.29) is 12.5 Å². The van der Waals surface area contributed by atoms with Crippen LogP contribution in [-0.2, 0) is 9.63 Å². The molecule has 0 aliphatic heterocycles. The Kier molecular flexibility index (Phi) is 6.37. The number of anilines is 1. The molecular formula is C19H22N2O3. The van der Waals surface area contributed by atoms with Gasteiger partial charge in [-0.1, -0.05) is 49.3 Å². The number of carbonyl (C=O) groups excluding carboxylic acids is 1. The first kappa shape index (κ1) is 17.5. The number of nitrogens with one attached hydrogen (secondary N) is 1. The molecule has 2 aromatic rings. The van der Waals surface area contributed by atoms with Gasteiger partial charge in [0, 0.05) is 11.3 Å². The molecule has 5 nitrogen and oxygen atoms in total. The van der Waals surface area contributed by atoms with Gasteiger partial charge in [0.05, 0.1) is 13.3 Å². The summed E-state index contributed by atoms with van der Waals surface area (Å²) < 4.78 is 5.21. The van der Waals surface area contributed by atoms with Crippen LogP contribution >= 0.6 is 0 Å². The van der Waals surface area contributed by atoms with Crippen LogP contribution in [0.25, 0.3) is 0 Å². The summed E-state index contributed by atoms with van der Waals surface area (Å²) in [5, 5.41) is 6.67. The molecule has 24 heavy (non-hydrogen) atoms. The highest BCUT2D eigenvalue weighted by atomic mass is 16.6. The number of para-hydroxylation sites is 2. The zero-order valence-corrected chi connectivity index (χ0v) is 14.2. The molecule has 0 radical (unpaired) electrons. The van der Waals surface area contributed by atoms with E-state index in [1.165, 1.54) is 6.21 Å². The standard InChI is InChI=1S/C19H22N2O3/c1-14(2)16-9-5-6-10-17(16)21-19(22)13-24-20-12-15-8-4-7-11-18(15)23-3/h4-12,14H,13H2,1-3H3,(H,21,22)/b20-12-. The fourth-order valence-electron chi connectivity index (χ4n) is 2.26. The van der Waals surface area contributed by atoms with Gasteiger partial charge in [0.2, 0.25) is 0 Å². The summed E-state index contributed by atoms with van der Waals surface area (Å²) in [6.07, 6.45) is 1.52. The summed E-state index contributed by atoms with van der Waals surface area (Å²) in [6.45, 7) is 4.01. The molecule has 0 spiro atoms. The number of methoxy groups -OCH3 is 1. The molecule has 126 valence electrons. The second-order valence-corrected chi connectivity index (χ2v) is 5.54. The predicted molar refractivity (Wildman–Crippen MR) is 95.7 cm³/mol. The Bertz CT molecular complexity index is 711.